The van der Waals surface area contributed by atoms with Crippen molar-refractivity contribution in [3.8, 4) is 0 Å². The van der Waals surface area contributed by atoms with E-state index in [-0.39, 0.29) is 17.9 Å². The Labute approximate surface area is 107 Å². The second-order valence-corrected chi connectivity index (χ2v) is 5.44. The lowest BCUT2D eigenvalue weighted by atomic mass is 9.86. The van der Waals surface area contributed by atoms with E-state index in [9.17, 15) is 9.59 Å². The van der Waals surface area contributed by atoms with Gasteiger partial charge in [-0.05, 0) is 32.1 Å². The first-order chi connectivity index (χ1) is 8.65. The summed E-state index contributed by atoms with van der Waals surface area (Å²) in [5.74, 6) is -0.792. The van der Waals surface area contributed by atoms with Crippen LogP contribution in [0.25, 0.3) is 0 Å². The Bertz CT molecular complexity index is 315. The number of carbonyl (C=O) groups excluding carboxylic acids is 1. The first kappa shape index (κ1) is 13.3. The van der Waals surface area contributed by atoms with Crippen molar-refractivity contribution >= 4 is 11.9 Å². The Morgan fingerprint density at radius 2 is 1.89 bits per heavy atom. The zero-order chi connectivity index (χ0) is 13.0. The van der Waals surface area contributed by atoms with E-state index in [0.717, 1.165) is 32.1 Å². The Hall–Kier alpha value is -1.10. The number of carboxylic acids is 1. The van der Waals surface area contributed by atoms with Crippen molar-refractivity contribution in [1.82, 2.24) is 10.6 Å². The van der Waals surface area contributed by atoms with Crippen LogP contribution < -0.4 is 10.6 Å². The summed E-state index contributed by atoms with van der Waals surface area (Å²) < 4.78 is 0. The minimum Gasteiger partial charge on any atom is -0.481 e. The van der Waals surface area contributed by atoms with Crippen molar-refractivity contribution < 1.29 is 14.7 Å². The molecule has 0 aliphatic heterocycles. The summed E-state index contributed by atoms with van der Waals surface area (Å²) in [7, 11) is 0. The smallest absolute Gasteiger partial charge is 0.306 e. The molecule has 0 spiro atoms. The molecule has 0 aromatic carbocycles. The molecule has 2 atom stereocenters. The molecule has 0 aromatic rings. The topological polar surface area (TPSA) is 78.4 Å². The van der Waals surface area contributed by atoms with Gasteiger partial charge in [0.25, 0.3) is 0 Å². The zero-order valence-electron chi connectivity index (χ0n) is 10.7. The molecule has 2 unspecified atom stereocenters. The average Bonchev–Trinajstić information content (AvgIpc) is 3.13. The minimum absolute atomic E-state index is 0.107. The van der Waals surface area contributed by atoms with Crippen LogP contribution in [0.1, 0.15) is 44.9 Å². The molecule has 2 aliphatic carbocycles. The highest BCUT2D eigenvalue weighted by Gasteiger charge is 2.27. The zero-order valence-corrected chi connectivity index (χ0v) is 10.7. The summed E-state index contributed by atoms with van der Waals surface area (Å²) in [5.41, 5.74) is 0. The predicted octanol–water partition coefficient (Wildman–Crippen LogP) is 0.888. The highest BCUT2D eigenvalue weighted by Crippen LogP contribution is 2.24. The van der Waals surface area contributed by atoms with Gasteiger partial charge in [0, 0.05) is 25.0 Å². The van der Waals surface area contributed by atoms with Gasteiger partial charge in [-0.2, -0.15) is 0 Å². The third-order valence-corrected chi connectivity index (χ3v) is 3.75. The number of carbonyl (C=O) groups is 2. The highest BCUT2D eigenvalue weighted by molar-refractivity contribution is 5.76. The monoisotopic (exact) mass is 254 g/mol. The fraction of sp³-hybridized carbons (Fsp3) is 0.846. The second-order valence-electron chi connectivity index (χ2n) is 5.44. The lowest BCUT2D eigenvalue weighted by Crippen LogP contribution is -2.38. The van der Waals surface area contributed by atoms with E-state index < -0.39 is 5.97 Å². The molecule has 3 N–H and O–H groups in total. The van der Waals surface area contributed by atoms with Gasteiger partial charge >= 0.3 is 5.97 Å². The predicted molar refractivity (Wildman–Crippen MR) is 67.2 cm³/mol. The third-order valence-electron chi connectivity index (χ3n) is 3.75. The molecule has 2 aliphatic rings. The molecule has 0 aromatic heterocycles. The van der Waals surface area contributed by atoms with Crippen LogP contribution in [0.4, 0.5) is 0 Å². The molecule has 2 rings (SSSR count). The largest absolute Gasteiger partial charge is 0.481 e. The third kappa shape index (κ3) is 4.29. The summed E-state index contributed by atoms with van der Waals surface area (Å²) in [5, 5.41) is 15.2. The van der Waals surface area contributed by atoms with Gasteiger partial charge in [0.1, 0.15) is 0 Å². The number of nitrogens with one attached hydrogen (secondary N) is 2. The van der Waals surface area contributed by atoms with Crippen molar-refractivity contribution in [3.05, 3.63) is 0 Å². The van der Waals surface area contributed by atoms with Crippen LogP contribution in [0, 0.1) is 5.92 Å². The number of hydrogen-bond acceptors (Lipinski definition) is 3. The van der Waals surface area contributed by atoms with E-state index in [4.69, 9.17) is 5.11 Å². The van der Waals surface area contributed by atoms with Crippen LogP contribution in [-0.2, 0) is 9.59 Å². The summed E-state index contributed by atoms with van der Waals surface area (Å²) in [4.78, 5) is 22.4. The Kier molecular flexibility index (Phi) is 4.58. The Morgan fingerprint density at radius 3 is 2.56 bits per heavy atom. The number of amides is 1. The minimum atomic E-state index is -0.687. The first-order valence-corrected chi connectivity index (χ1v) is 6.90. The molecule has 0 saturated heterocycles. The van der Waals surface area contributed by atoms with Crippen molar-refractivity contribution in [1.29, 1.82) is 0 Å². The fourth-order valence-electron chi connectivity index (χ4n) is 2.52. The quantitative estimate of drug-likeness (QED) is 0.657. The van der Waals surface area contributed by atoms with E-state index >= 15 is 0 Å². The van der Waals surface area contributed by atoms with E-state index in [1.807, 2.05) is 0 Å². The summed E-state index contributed by atoms with van der Waals surface area (Å²) >= 11 is 0. The van der Waals surface area contributed by atoms with Gasteiger partial charge in [-0.15, -0.1) is 0 Å². The van der Waals surface area contributed by atoms with E-state index in [1.165, 1.54) is 0 Å². The number of hydrogen-bond donors (Lipinski definition) is 3. The van der Waals surface area contributed by atoms with Crippen LogP contribution in [0.3, 0.4) is 0 Å². The molecule has 0 radical (unpaired) electrons. The number of carboxylic acid groups (broad SMARTS) is 1. The Balaban J connectivity index is 1.60. The normalized spacial score (nSPS) is 27.8. The van der Waals surface area contributed by atoms with Gasteiger partial charge in [0.05, 0.1) is 5.92 Å². The van der Waals surface area contributed by atoms with E-state index in [2.05, 4.69) is 10.6 Å². The summed E-state index contributed by atoms with van der Waals surface area (Å²) in [6.45, 7) is 0.648. The van der Waals surface area contributed by atoms with Crippen LogP contribution >= 0.6 is 0 Å². The van der Waals surface area contributed by atoms with Gasteiger partial charge < -0.3 is 15.7 Å². The average molecular weight is 254 g/mol. The molecule has 0 bridgehead atoms. The molecular formula is C13H22N2O3. The standard InChI is InChI=1S/C13H22N2O3/c16-12(15-10-4-5-10)6-7-14-11-3-1-2-9(8-11)13(17)18/h9-11,14H,1-8H2,(H,15,16)(H,17,18). The first-order valence-electron chi connectivity index (χ1n) is 6.90. The van der Waals surface area contributed by atoms with Crippen LogP contribution in [0.2, 0.25) is 0 Å². The van der Waals surface area contributed by atoms with Crippen molar-refractivity contribution in [2.24, 2.45) is 5.92 Å². The fourth-order valence-corrected chi connectivity index (χ4v) is 2.52. The number of aliphatic carboxylic acids is 1. The summed E-state index contributed by atoms with van der Waals surface area (Å²) in [6.07, 6.45) is 6.18. The molecule has 5 nitrogen and oxygen atoms in total. The van der Waals surface area contributed by atoms with Gasteiger partial charge in [0.15, 0.2) is 0 Å². The van der Waals surface area contributed by atoms with Crippen LogP contribution in [-0.4, -0.2) is 35.6 Å². The van der Waals surface area contributed by atoms with Gasteiger partial charge in [-0.3, -0.25) is 9.59 Å². The molecule has 0 heterocycles. The lowest BCUT2D eigenvalue weighted by molar-refractivity contribution is -0.143. The van der Waals surface area contributed by atoms with Crippen molar-refractivity contribution in [3.63, 3.8) is 0 Å². The summed E-state index contributed by atoms with van der Waals surface area (Å²) in [6, 6.07) is 0.678. The molecule has 2 fully saturated rings. The lowest BCUT2D eigenvalue weighted by Gasteiger charge is -2.27. The van der Waals surface area contributed by atoms with Crippen LogP contribution in [0.5, 0.6) is 0 Å². The maximum atomic E-state index is 11.5. The molecule has 18 heavy (non-hydrogen) atoms. The van der Waals surface area contributed by atoms with E-state index in [1.54, 1.807) is 0 Å². The molecule has 2 saturated carbocycles. The SMILES string of the molecule is O=C(CCNC1CCCC(C(=O)O)C1)NC1CC1. The molecule has 102 valence electrons. The number of rotatable bonds is 6. The van der Waals surface area contributed by atoms with Crippen LogP contribution in [0.15, 0.2) is 0 Å². The van der Waals surface area contributed by atoms with Crippen molar-refractivity contribution in [2.75, 3.05) is 6.54 Å². The maximum Gasteiger partial charge on any atom is 0.306 e. The molecule has 1 amide bonds. The molecular weight excluding hydrogens is 232 g/mol. The van der Waals surface area contributed by atoms with Gasteiger partial charge in [0.2, 0.25) is 5.91 Å². The van der Waals surface area contributed by atoms with E-state index in [0.29, 0.717) is 25.4 Å². The maximum absolute atomic E-state index is 11.5. The Morgan fingerprint density at radius 1 is 1.11 bits per heavy atom. The van der Waals surface area contributed by atoms with Crippen molar-refractivity contribution in [2.45, 2.75) is 57.0 Å². The van der Waals surface area contributed by atoms with Gasteiger partial charge in [-0.1, -0.05) is 6.42 Å². The van der Waals surface area contributed by atoms with Gasteiger partial charge in [-0.25, -0.2) is 0 Å². The molecule has 5 heteroatoms. The highest BCUT2D eigenvalue weighted by atomic mass is 16.4. The second kappa shape index (κ2) is 6.18.